The molecule has 4 heteroatoms. The molecule has 2 aromatic rings. The van der Waals surface area contributed by atoms with Gasteiger partial charge in [0.1, 0.15) is 5.75 Å². The van der Waals surface area contributed by atoms with Crippen molar-refractivity contribution in [1.29, 1.82) is 0 Å². The van der Waals surface area contributed by atoms with Gasteiger partial charge in [-0.1, -0.05) is 0 Å². The van der Waals surface area contributed by atoms with Crippen LogP contribution in [-0.4, -0.2) is 12.1 Å². The van der Waals surface area contributed by atoms with E-state index in [2.05, 4.69) is 22.6 Å². The molecule has 16 heavy (non-hydrogen) atoms. The third-order valence-electron chi connectivity index (χ3n) is 2.37. The number of anilines is 1. The maximum absolute atomic E-state index is 5.11. The summed E-state index contributed by atoms with van der Waals surface area (Å²) in [6.07, 6.45) is 0. The van der Waals surface area contributed by atoms with Crippen molar-refractivity contribution in [3.8, 4) is 5.75 Å². The fourth-order valence-corrected chi connectivity index (χ4v) is 2.09. The number of thiazole rings is 1. The van der Waals surface area contributed by atoms with Crippen LogP contribution in [0.5, 0.6) is 5.75 Å². The van der Waals surface area contributed by atoms with E-state index in [9.17, 15) is 0 Å². The van der Waals surface area contributed by atoms with E-state index >= 15 is 0 Å². The van der Waals surface area contributed by atoms with Gasteiger partial charge >= 0.3 is 0 Å². The average molecular weight is 234 g/mol. The van der Waals surface area contributed by atoms with Crippen LogP contribution in [0.3, 0.4) is 0 Å². The molecule has 1 aromatic heterocycles. The number of hydrogen-bond donors (Lipinski definition) is 1. The predicted octanol–water partition coefficient (Wildman–Crippen LogP) is 3.32. The van der Waals surface area contributed by atoms with Crippen LogP contribution in [0.25, 0.3) is 0 Å². The first-order valence-corrected chi connectivity index (χ1v) is 6.02. The Hall–Kier alpha value is -1.55. The Balaban J connectivity index is 2.03. The molecule has 0 saturated heterocycles. The summed E-state index contributed by atoms with van der Waals surface area (Å²) in [5, 5.41) is 5.44. The van der Waals surface area contributed by atoms with E-state index < -0.39 is 0 Å². The largest absolute Gasteiger partial charge is 0.497 e. The molecule has 0 saturated carbocycles. The van der Waals surface area contributed by atoms with Crippen molar-refractivity contribution in [2.75, 3.05) is 12.4 Å². The van der Waals surface area contributed by atoms with Crippen molar-refractivity contribution in [2.24, 2.45) is 0 Å². The zero-order valence-electron chi connectivity index (χ0n) is 9.31. The van der Waals surface area contributed by atoms with Crippen LogP contribution in [0, 0.1) is 0 Å². The first kappa shape index (κ1) is 11.0. The smallest absolute Gasteiger partial charge is 0.119 e. The molecule has 0 fully saturated rings. The Bertz CT molecular complexity index is 425. The quantitative estimate of drug-likeness (QED) is 0.881. The summed E-state index contributed by atoms with van der Waals surface area (Å²) in [5.41, 5.74) is 3.99. The van der Waals surface area contributed by atoms with E-state index in [4.69, 9.17) is 4.74 Å². The summed E-state index contributed by atoms with van der Waals surface area (Å²) in [6, 6.07) is 8.11. The van der Waals surface area contributed by atoms with Crippen molar-refractivity contribution in [2.45, 2.75) is 13.0 Å². The highest BCUT2D eigenvalue weighted by molar-refractivity contribution is 7.07. The third kappa shape index (κ3) is 2.52. The molecule has 1 heterocycles. The highest BCUT2D eigenvalue weighted by Crippen LogP contribution is 2.21. The third-order valence-corrected chi connectivity index (χ3v) is 2.97. The summed E-state index contributed by atoms with van der Waals surface area (Å²) in [7, 11) is 1.67. The molecule has 2 rings (SSSR count). The average Bonchev–Trinajstić information content (AvgIpc) is 2.83. The maximum atomic E-state index is 5.11. The zero-order chi connectivity index (χ0) is 11.4. The summed E-state index contributed by atoms with van der Waals surface area (Å²) in [6.45, 7) is 2.10. The minimum atomic E-state index is 0.222. The topological polar surface area (TPSA) is 34.1 Å². The fourth-order valence-electron chi connectivity index (χ4n) is 1.45. The molecule has 3 nitrogen and oxygen atoms in total. The number of aromatic nitrogens is 1. The van der Waals surface area contributed by atoms with Crippen molar-refractivity contribution >= 4 is 17.0 Å². The van der Waals surface area contributed by atoms with Gasteiger partial charge in [0.05, 0.1) is 24.4 Å². The van der Waals surface area contributed by atoms with Gasteiger partial charge in [0.2, 0.25) is 0 Å². The predicted molar refractivity (Wildman–Crippen MR) is 67.1 cm³/mol. The molecule has 0 amide bonds. The lowest BCUT2D eigenvalue weighted by Gasteiger charge is -2.13. The number of ether oxygens (including phenoxy) is 1. The van der Waals surface area contributed by atoms with Crippen LogP contribution in [0.4, 0.5) is 5.69 Å². The van der Waals surface area contributed by atoms with Crippen molar-refractivity contribution in [1.82, 2.24) is 4.98 Å². The van der Waals surface area contributed by atoms with Gasteiger partial charge < -0.3 is 10.1 Å². The van der Waals surface area contributed by atoms with Gasteiger partial charge in [-0.05, 0) is 31.2 Å². The molecule has 0 aliphatic rings. The van der Waals surface area contributed by atoms with E-state index in [1.807, 2.05) is 29.8 Å². The summed E-state index contributed by atoms with van der Waals surface area (Å²) >= 11 is 1.61. The lowest BCUT2D eigenvalue weighted by Crippen LogP contribution is -2.06. The molecule has 84 valence electrons. The number of hydrogen-bond acceptors (Lipinski definition) is 4. The standard InChI is InChI=1S/C12H14N2OS/c1-9(12-7-16-8-13-12)14-10-3-5-11(15-2)6-4-10/h3-9,14H,1-2H3. The van der Waals surface area contributed by atoms with Crippen molar-refractivity contribution in [3.63, 3.8) is 0 Å². The Morgan fingerprint density at radius 3 is 2.62 bits per heavy atom. The van der Waals surface area contributed by atoms with Gasteiger partial charge in [0.15, 0.2) is 0 Å². The van der Waals surface area contributed by atoms with Crippen LogP contribution in [0.15, 0.2) is 35.2 Å². The van der Waals surface area contributed by atoms with Gasteiger partial charge in [-0.25, -0.2) is 4.98 Å². The molecule has 0 aliphatic heterocycles. The lowest BCUT2D eigenvalue weighted by molar-refractivity contribution is 0.415. The molecular weight excluding hydrogens is 220 g/mol. The highest BCUT2D eigenvalue weighted by Gasteiger charge is 2.06. The zero-order valence-corrected chi connectivity index (χ0v) is 10.1. The summed E-state index contributed by atoms with van der Waals surface area (Å²) < 4.78 is 5.11. The van der Waals surface area contributed by atoms with Gasteiger partial charge in [-0.2, -0.15) is 0 Å². The minimum absolute atomic E-state index is 0.222. The van der Waals surface area contributed by atoms with E-state index in [1.54, 1.807) is 18.4 Å². The molecule has 0 spiro atoms. The Kier molecular flexibility index (Phi) is 3.41. The van der Waals surface area contributed by atoms with Gasteiger partial charge in [0.25, 0.3) is 0 Å². The molecule has 0 radical (unpaired) electrons. The second kappa shape index (κ2) is 4.99. The number of methoxy groups -OCH3 is 1. The molecule has 1 atom stereocenters. The van der Waals surface area contributed by atoms with E-state index in [1.165, 1.54) is 0 Å². The fraction of sp³-hybridized carbons (Fsp3) is 0.250. The highest BCUT2D eigenvalue weighted by atomic mass is 32.1. The van der Waals surface area contributed by atoms with Crippen LogP contribution < -0.4 is 10.1 Å². The van der Waals surface area contributed by atoms with Crippen LogP contribution in [0.2, 0.25) is 0 Å². The SMILES string of the molecule is COc1ccc(NC(C)c2cscn2)cc1. The Morgan fingerprint density at radius 1 is 1.31 bits per heavy atom. The molecule has 1 aromatic carbocycles. The monoisotopic (exact) mass is 234 g/mol. The Labute approximate surface area is 99.1 Å². The maximum Gasteiger partial charge on any atom is 0.119 e. The van der Waals surface area contributed by atoms with E-state index in [-0.39, 0.29) is 6.04 Å². The number of benzene rings is 1. The molecule has 1 N–H and O–H groups in total. The van der Waals surface area contributed by atoms with Gasteiger partial charge in [-0.15, -0.1) is 11.3 Å². The van der Waals surface area contributed by atoms with Crippen LogP contribution in [0.1, 0.15) is 18.7 Å². The number of nitrogens with one attached hydrogen (secondary N) is 1. The van der Waals surface area contributed by atoms with Crippen molar-refractivity contribution < 1.29 is 4.74 Å². The molecule has 1 unspecified atom stereocenters. The van der Waals surface area contributed by atoms with Gasteiger partial charge in [-0.3, -0.25) is 0 Å². The first-order valence-electron chi connectivity index (χ1n) is 5.08. The van der Waals surface area contributed by atoms with Crippen molar-refractivity contribution in [3.05, 3.63) is 40.8 Å². The molecule has 0 bridgehead atoms. The lowest BCUT2D eigenvalue weighted by atomic mass is 10.2. The normalized spacial score (nSPS) is 12.1. The minimum Gasteiger partial charge on any atom is -0.497 e. The number of rotatable bonds is 4. The molecule has 0 aliphatic carbocycles. The van der Waals surface area contributed by atoms with Gasteiger partial charge in [0, 0.05) is 11.1 Å². The van der Waals surface area contributed by atoms with E-state index in [0.29, 0.717) is 0 Å². The van der Waals surface area contributed by atoms with E-state index in [0.717, 1.165) is 17.1 Å². The second-order valence-corrected chi connectivity index (χ2v) is 4.23. The number of nitrogens with zero attached hydrogens (tertiary/aromatic N) is 1. The first-order chi connectivity index (χ1) is 7.79. The van der Waals surface area contributed by atoms with Crippen LogP contribution in [-0.2, 0) is 0 Å². The Morgan fingerprint density at radius 2 is 2.06 bits per heavy atom. The van der Waals surface area contributed by atoms with Crippen LogP contribution >= 0.6 is 11.3 Å². The molecular formula is C12H14N2OS. The summed E-state index contributed by atoms with van der Waals surface area (Å²) in [5.74, 6) is 0.867. The second-order valence-electron chi connectivity index (χ2n) is 3.51. The summed E-state index contributed by atoms with van der Waals surface area (Å²) in [4.78, 5) is 4.28.